The van der Waals surface area contributed by atoms with Gasteiger partial charge in [0, 0.05) is 5.41 Å². The highest BCUT2D eigenvalue weighted by Gasteiger charge is 2.38. The molecule has 0 N–H and O–H groups in total. The first-order valence-electron chi connectivity index (χ1n) is 18.0. The zero-order valence-electron chi connectivity index (χ0n) is 29.1. The summed E-state index contributed by atoms with van der Waals surface area (Å²) in [4.78, 5) is 0. The third-order valence-corrected chi connectivity index (χ3v) is 12.1. The van der Waals surface area contributed by atoms with Gasteiger partial charge in [-0.15, -0.1) is 0 Å². The second kappa shape index (κ2) is 13.3. The van der Waals surface area contributed by atoms with Crippen molar-refractivity contribution in [3.63, 3.8) is 0 Å². The first-order chi connectivity index (χ1) is 24.9. The molecule has 2 fully saturated rings. The summed E-state index contributed by atoms with van der Waals surface area (Å²) < 4.78 is 87.3. The van der Waals surface area contributed by atoms with Crippen LogP contribution in [0.3, 0.4) is 0 Å². The maximum Gasteiger partial charge on any atom is 0.204 e. The number of fused-ring (bicyclic) bond motifs is 4. The van der Waals surface area contributed by atoms with Gasteiger partial charge in [0.1, 0.15) is 27.2 Å². The molecule has 52 heavy (non-hydrogen) atoms. The largest absolute Gasteiger partial charge is 0.455 e. The Bertz CT molecular complexity index is 2060. The van der Waals surface area contributed by atoms with Crippen LogP contribution in [0.2, 0.25) is 0 Å². The fourth-order valence-corrected chi connectivity index (χ4v) is 9.01. The minimum Gasteiger partial charge on any atom is -0.455 e. The van der Waals surface area contributed by atoms with Crippen molar-refractivity contribution in [2.45, 2.75) is 57.8 Å². The molecule has 0 aliphatic heterocycles. The van der Waals surface area contributed by atoms with Gasteiger partial charge in [-0.3, -0.25) is 0 Å². The fraction of sp³-hybridized carbons (Fsp3) is 0.349. The van der Waals surface area contributed by atoms with Crippen LogP contribution in [0.4, 0.5) is 22.0 Å². The molecule has 8 rings (SSSR count). The van der Waals surface area contributed by atoms with Crippen molar-refractivity contribution in [3.8, 4) is 23.0 Å². The summed E-state index contributed by atoms with van der Waals surface area (Å²) in [5.74, 6) is -4.38. The van der Waals surface area contributed by atoms with Gasteiger partial charge in [-0.25, -0.2) is 13.2 Å². The first-order valence-corrected chi connectivity index (χ1v) is 18.0. The van der Waals surface area contributed by atoms with Crippen LogP contribution in [0.25, 0.3) is 0 Å². The normalized spacial score (nSPS) is 24.3. The minimum atomic E-state index is -1.34. The van der Waals surface area contributed by atoms with Crippen LogP contribution >= 0.6 is 0 Å². The highest BCUT2D eigenvalue weighted by molar-refractivity contribution is 6.50. The molecule has 4 aromatic rings. The van der Waals surface area contributed by atoms with Crippen LogP contribution in [0.15, 0.2) is 78.9 Å². The van der Waals surface area contributed by atoms with Crippen molar-refractivity contribution in [3.05, 3.63) is 130 Å². The van der Waals surface area contributed by atoms with Gasteiger partial charge in [-0.05, 0) is 127 Å². The smallest absolute Gasteiger partial charge is 0.204 e. The average Bonchev–Trinajstić information content (AvgIpc) is 3.96. The van der Waals surface area contributed by atoms with Gasteiger partial charge in [-0.1, -0.05) is 73.3 Å². The van der Waals surface area contributed by atoms with E-state index in [0.29, 0.717) is 30.1 Å². The predicted octanol–water partition coefficient (Wildman–Crippen LogP) is 9.39. The SMILES string of the molecule is [B]c1c([B])c(Oc2ccc(C(C)(C)c3ccc(Oc4c(F)cc(CC5CC6C=CC5C6)c(F)c4F)cc3)cc2)c(F)c(F)c1CC1CC2C=CC1C2. The molecule has 2 nitrogen and oxygen atoms in total. The molecule has 4 aliphatic rings. The van der Waals surface area contributed by atoms with E-state index >= 15 is 22.0 Å². The molecule has 4 aromatic carbocycles. The molecule has 0 aromatic heterocycles. The van der Waals surface area contributed by atoms with Crippen LogP contribution in [0.1, 0.15) is 61.8 Å². The highest BCUT2D eigenvalue weighted by atomic mass is 19.2. The summed E-state index contributed by atoms with van der Waals surface area (Å²) in [7, 11) is 12.5. The highest BCUT2D eigenvalue weighted by Crippen LogP contribution is 2.47. The van der Waals surface area contributed by atoms with Gasteiger partial charge in [0.25, 0.3) is 0 Å². The molecule has 4 radical (unpaired) electrons. The molecule has 0 heterocycles. The molecule has 9 heteroatoms. The lowest BCUT2D eigenvalue weighted by Crippen LogP contribution is -2.34. The molecule has 6 atom stereocenters. The van der Waals surface area contributed by atoms with Gasteiger partial charge in [0.05, 0.1) is 0 Å². The van der Waals surface area contributed by atoms with Gasteiger partial charge in [-0.2, -0.15) is 8.78 Å². The lowest BCUT2D eigenvalue weighted by atomic mass is 9.73. The van der Waals surface area contributed by atoms with Crippen molar-refractivity contribution in [2.24, 2.45) is 35.5 Å². The average molecular weight is 702 g/mol. The maximum absolute atomic E-state index is 15.4. The van der Waals surface area contributed by atoms with Crippen molar-refractivity contribution < 1.29 is 31.4 Å². The van der Waals surface area contributed by atoms with Gasteiger partial charge in [0.2, 0.25) is 17.4 Å². The van der Waals surface area contributed by atoms with Gasteiger partial charge < -0.3 is 9.47 Å². The Labute approximate surface area is 303 Å². The molecule has 6 unspecified atom stereocenters. The summed E-state index contributed by atoms with van der Waals surface area (Å²) in [6, 6.07) is 14.6. The van der Waals surface area contributed by atoms with Crippen molar-refractivity contribution in [1.29, 1.82) is 0 Å². The topological polar surface area (TPSA) is 18.5 Å². The van der Waals surface area contributed by atoms with Crippen molar-refractivity contribution >= 4 is 26.6 Å². The zero-order chi connectivity index (χ0) is 36.5. The molecule has 262 valence electrons. The Morgan fingerprint density at radius 3 is 1.60 bits per heavy atom. The third-order valence-electron chi connectivity index (χ3n) is 12.1. The van der Waals surface area contributed by atoms with Gasteiger partial charge in [0.15, 0.2) is 23.2 Å². The predicted molar refractivity (Wildman–Crippen MR) is 194 cm³/mol. The number of ether oxygens (including phenoxy) is 2. The van der Waals surface area contributed by atoms with Crippen LogP contribution in [-0.2, 0) is 18.3 Å². The molecule has 0 spiro atoms. The van der Waals surface area contributed by atoms with Crippen molar-refractivity contribution in [1.82, 2.24) is 0 Å². The Hall–Kier alpha value is -4.26. The number of hydrogen-bond donors (Lipinski definition) is 0. The van der Waals surface area contributed by atoms with E-state index in [4.69, 9.17) is 25.2 Å². The molecule has 2 saturated carbocycles. The minimum absolute atomic E-state index is 0.00198. The van der Waals surface area contributed by atoms with Crippen LogP contribution in [0, 0.1) is 64.6 Å². The van der Waals surface area contributed by atoms with Crippen LogP contribution in [0.5, 0.6) is 23.0 Å². The standard InChI is InChI=1S/C43H37B2F5O2/c1-43(2,29-7-11-31(12-8-29)51-41-34(46)21-28(37(47)39(41)49)19-26-17-22-3-5-24(26)15-22)30-9-13-32(14-10-30)52-42-36(45)35(44)33(38(48)40(42)50)20-27-18-23-4-6-25(27)16-23/h3-14,21-27H,15-20H2,1-2H3. The van der Waals surface area contributed by atoms with Crippen LogP contribution < -0.4 is 20.4 Å². The van der Waals surface area contributed by atoms with E-state index in [2.05, 4.69) is 24.3 Å². The third kappa shape index (κ3) is 6.18. The number of halogens is 5. The number of allylic oxidation sites excluding steroid dienone is 4. The molecule has 0 amide bonds. The van der Waals surface area contributed by atoms with Crippen LogP contribution in [-0.4, -0.2) is 15.7 Å². The Kier molecular flexibility index (Phi) is 8.90. The summed E-state index contributed by atoms with van der Waals surface area (Å²) in [6.07, 6.45) is 13.2. The lowest BCUT2D eigenvalue weighted by molar-refractivity contribution is 0.375. The Balaban J connectivity index is 0.944. The zero-order valence-corrected chi connectivity index (χ0v) is 29.1. The fourth-order valence-electron chi connectivity index (χ4n) is 9.01. The monoisotopic (exact) mass is 702 g/mol. The molecular weight excluding hydrogens is 665 g/mol. The first kappa shape index (κ1) is 34.8. The summed E-state index contributed by atoms with van der Waals surface area (Å²) in [5.41, 5.74) is 1.15. The number of rotatable bonds is 10. The second-order valence-electron chi connectivity index (χ2n) is 15.6. The Morgan fingerprint density at radius 1 is 0.596 bits per heavy atom. The van der Waals surface area contributed by atoms with Crippen molar-refractivity contribution in [2.75, 3.05) is 0 Å². The van der Waals surface area contributed by atoms with E-state index in [9.17, 15) is 0 Å². The molecular formula is C43H37B2F5O2. The Morgan fingerprint density at radius 2 is 1.10 bits per heavy atom. The summed E-state index contributed by atoms with van der Waals surface area (Å²) >= 11 is 0. The lowest BCUT2D eigenvalue weighted by Gasteiger charge is -2.27. The maximum atomic E-state index is 15.4. The molecule has 0 saturated heterocycles. The van der Waals surface area contributed by atoms with E-state index in [1.165, 1.54) is 0 Å². The van der Waals surface area contributed by atoms with Gasteiger partial charge >= 0.3 is 0 Å². The molecule has 4 bridgehead atoms. The van der Waals surface area contributed by atoms with E-state index in [1.54, 1.807) is 48.5 Å². The quantitative estimate of drug-likeness (QED) is 0.0710. The van der Waals surface area contributed by atoms with E-state index in [-0.39, 0.29) is 51.8 Å². The summed E-state index contributed by atoms with van der Waals surface area (Å²) in [5, 5.41) is 0. The van der Waals surface area contributed by atoms with E-state index in [0.717, 1.165) is 42.9 Å². The number of hydrogen-bond acceptors (Lipinski definition) is 2. The second-order valence-corrected chi connectivity index (χ2v) is 15.6. The van der Waals surface area contributed by atoms with E-state index < -0.39 is 46.0 Å². The summed E-state index contributed by atoms with van der Waals surface area (Å²) in [6.45, 7) is 3.97. The molecule has 4 aliphatic carbocycles. The van der Waals surface area contributed by atoms with E-state index in [1.807, 2.05) is 13.8 Å². The number of benzene rings is 4.